The molecule has 1 N–H and O–H groups in total. The molecule has 2 aliphatic carbocycles. The van der Waals surface area contributed by atoms with Crippen LogP contribution in [0.25, 0.3) is 0 Å². The van der Waals surface area contributed by atoms with Gasteiger partial charge in [-0.05, 0) is 49.1 Å². The van der Waals surface area contributed by atoms with Gasteiger partial charge in [-0.1, -0.05) is 23.8 Å². The van der Waals surface area contributed by atoms with Gasteiger partial charge in [-0.3, -0.25) is 39.4 Å². The van der Waals surface area contributed by atoms with Crippen LogP contribution in [0.3, 0.4) is 0 Å². The lowest BCUT2D eigenvalue weighted by atomic mass is 9.56. The Morgan fingerprint density at radius 2 is 1.48 bits per heavy atom. The van der Waals surface area contributed by atoms with E-state index in [1.54, 1.807) is 0 Å². The van der Waals surface area contributed by atoms with Crippen LogP contribution >= 0.6 is 23.2 Å². The lowest BCUT2D eigenvalue weighted by Gasteiger charge is -2.50. The van der Waals surface area contributed by atoms with Gasteiger partial charge in [0.15, 0.2) is 27.0 Å². The van der Waals surface area contributed by atoms with Crippen molar-refractivity contribution in [3.05, 3.63) is 104 Å². The number of imide groups is 2. The van der Waals surface area contributed by atoms with E-state index in [4.69, 9.17) is 23.2 Å². The highest BCUT2D eigenvalue weighted by Crippen LogP contribution is 2.66. The number of nitro groups is 2. The first-order valence-corrected chi connectivity index (χ1v) is 16.4. The molecule has 2 saturated heterocycles. The fourth-order valence-corrected chi connectivity index (χ4v) is 9.15. The average Bonchev–Trinajstić information content (AvgIpc) is 3.43. The van der Waals surface area contributed by atoms with Gasteiger partial charge in [-0.15, -0.1) is 23.2 Å². The van der Waals surface area contributed by atoms with Crippen LogP contribution in [0.5, 0.6) is 5.75 Å². The topological polar surface area (TPSA) is 185 Å². The molecule has 18 heteroatoms. The Kier molecular flexibility index (Phi) is 7.92. The molecule has 0 radical (unpaired) electrons. The molecule has 268 valence electrons. The summed E-state index contributed by atoms with van der Waals surface area (Å²) in [7, 11) is 2.70. The van der Waals surface area contributed by atoms with Gasteiger partial charge in [0.1, 0.15) is 5.82 Å². The number of phenolic OH excluding ortho intramolecular Hbond substituents is 1. The van der Waals surface area contributed by atoms with Gasteiger partial charge >= 0.3 is 11.4 Å². The summed E-state index contributed by atoms with van der Waals surface area (Å²) in [6.07, 6.45) is 0.817. The first-order chi connectivity index (χ1) is 24.4. The minimum atomic E-state index is -2.45. The molecule has 4 amide bonds. The Balaban J connectivity index is 1.40. The predicted octanol–water partition coefficient (Wildman–Crippen LogP) is 5.32. The molecule has 2 heterocycles. The number of amides is 4. The van der Waals surface area contributed by atoms with Crippen LogP contribution < -0.4 is 14.7 Å². The summed E-state index contributed by atoms with van der Waals surface area (Å²) < 4.78 is 28.8. The predicted molar refractivity (Wildman–Crippen MR) is 181 cm³/mol. The smallest absolute Gasteiger partial charge is 0.301 e. The number of nitrogens with zero attached hydrogens (tertiary/aromatic N) is 5. The summed E-state index contributed by atoms with van der Waals surface area (Å²) in [6, 6.07) is 9.51. The summed E-state index contributed by atoms with van der Waals surface area (Å²) in [5.41, 5.74) is -2.44. The minimum Gasteiger partial charge on any atom is -0.505 e. The van der Waals surface area contributed by atoms with Crippen LogP contribution in [0.2, 0.25) is 0 Å². The van der Waals surface area contributed by atoms with E-state index < -0.39 is 108 Å². The Hall–Kier alpha value is -5.48. The van der Waals surface area contributed by atoms with Crippen LogP contribution in [-0.4, -0.2) is 62.4 Å². The number of aromatic hydroxyl groups is 1. The fourth-order valence-electron chi connectivity index (χ4n) is 8.22. The molecular weight excluding hydrogens is 731 g/mol. The third-order valence-electron chi connectivity index (χ3n) is 10.4. The number of phenols is 1. The van der Waals surface area contributed by atoms with E-state index in [0.717, 1.165) is 47.4 Å². The molecule has 14 nitrogen and oxygen atoms in total. The molecule has 3 fully saturated rings. The zero-order valence-corrected chi connectivity index (χ0v) is 28.5. The number of carbonyl (C=O) groups is 4. The van der Waals surface area contributed by atoms with Gasteiger partial charge in [0.05, 0.1) is 33.1 Å². The van der Waals surface area contributed by atoms with Crippen LogP contribution in [0, 0.1) is 49.6 Å². The number of anilines is 3. The average molecular weight is 757 g/mol. The maximum Gasteiger partial charge on any atom is 0.301 e. The molecule has 4 aliphatic rings. The first-order valence-electron chi connectivity index (χ1n) is 15.7. The molecule has 7 rings (SSSR count). The van der Waals surface area contributed by atoms with E-state index in [0.29, 0.717) is 9.80 Å². The molecule has 3 aromatic carbocycles. The Labute approximate surface area is 302 Å². The normalized spacial score (nSPS) is 28.0. The van der Waals surface area contributed by atoms with E-state index in [-0.39, 0.29) is 28.9 Å². The molecule has 6 atom stereocenters. The summed E-state index contributed by atoms with van der Waals surface area (Å²) in [5, 5.41) is 35.1. The molecule has 1 saturated carbocycles. The largest absolute Gasteiger partial charge is 0.505 e. The lowest BCUT2D eigenvalue weighted by Crippen LogP contribution is -2.60. The van der Waals surface area contributed by atoms with Crippen molar-refractivity contribution < 1.29 is 42.9 Å². The van der Waals surface area contributed by atoms with Crippen LogP contribution in [0.15, 0.2) is 66.2 Å². The fraction of sp³-hybridized carbons (Fsp3) is 0.294. The quantitative estimate of drug-likeness (QED) is 0.114. The van der Waals surface area contributed by atoms with E-state index in [2.05, 4.69) is 0 Å². The number of halogens is 4. The molecule has 0 aromatic heterocycles. The van der Waals surface area contributed by atoms with E-state index in [1.165, 1.54) is 32.3 Å². The summed E-state index contributed by atoms with van der Waals surface area (Å²) in [4.78, 5) is 77.2. The lowest BCUT2D eigenvalue weighted by molar-refractivity contribution is -0.392. The maximum atomic E-state index is 15.0. The SMILES string of the molecule is CN(C)c1c([N+](=O)[O-])cc(N2C(=O)C3CC=C4C(CC5(Cl)C(=O)N(c6ccc(F)cc6)C(=O)C5(Cl)C4c4cccc(F)c4O)C3C2=O)cc1[N+](=O)[O-]. The number of rotatable bonds is 6. The number of carbonyl (C=O) groups excluding carboxylic acids is 4. The number of allylic oxidation sites excluding steroid dienone is 2. The van der Waals surface area contributed by atoms with Crippen molar-refractivity contribution >= 4 is 75.3 Å². The second kappa shape index (κ2) is 11.8. The van der Waals surface area contributed by atoms with Crippen molar-refractivity contribution in [2.24, 2.45) is 17.8 Å². The van der Waals surface area contributed by atoms with Gasteiger partial charge in [-0.2, -0.15) is 0 Å². The minimum absolute atomic E-state index is 0.0921. The monoisotopic (exact) mass is 755 g/mol. The molecule has 52 heavy (non-hydrogen) atoms. The van der Waals surface area contributed by atoms with Crippen molar-refractivity contribution in [3.63, 3.8) is 0 Å². The highest BCUT2D eigenvalue weighted by Gasteiger charge is 2.77. The Morgan fingerprint density at radius 1 is 0.865 bits per heavy atom. The molecule has 3 aromatic rings. The van der Waals surface area contributed by atoms with Crippen LogP contribution in [-0.2, 0) is 19.2 Å². The highest BCUT2D eigenvalue weighted by atomic mass is 35.5. The molecule has 0 spiro atoms. The second-order valence-electron chi connectivity index (χ2n) is 13.2. The van der Waals surface area contributed by atoms with Gasteiger partial charge in [-0.25, -0.2) is 18.6 Å². The van der Waals surface area contributed by atoms with E-state index in [9.17, 15) is 53.3 Å². The summed E-state index contributed by atoms with van der Waals surface area (Å²) in [6.45, 7) is 0. The number of alkyl halides is 2. The third kappa shape index (κ3) is 4.59. The van der Waals surface area contributed by atoms with E-state index in [1.807, 2.05) is 0 Å². The third-order valence-corrected chi connectivity index (χ3v) is 11.8. The van der Waals surface area contributed by atoms with Crippen molar-refractivity contribution in [3.8, 4) is 5.75 Å². The van der Waals surface area contributed by atoms with Crippen molar-refractivity contribution in [1.29, 1.82) is 0 Å². The van der Waals surface area contributed by atoms with Gasteiger partial charge in [0.25, 0.3) is 11.8 Å². The van der Waals surface area contributed by atoms with Crippen LogP contribution in [0.1, 0.15) is 24.3 Å². The zero-order valence-electron chi connectivity index (χ0n) is 27.0. The van der Waals surface area contributed by atoms with Crippen LogP contribution in [0.4, 0.5) is 37.2 Å². The van der Waals surface area contributed by atoms with Crippen molar-refractivity contribution in [2.45, 2.75) is 28.5 Å². The number of benzene rings is 3. The number of hydrogen-bond acceptors (Lipinski definition) is 10. The standard InChI is InChI=1S/C34H25Cl2F2N5O9/c1-39(2)27-23(42(49)50)12-17(13-24(27)43(51)52)40-29(45)19-11-10-18-21(25(19)30(40)46)14-33(35)31(47)41(16-8-6-15(37)7-9-16)32(48)34(33,36)26(18)20-4-3-5-22(38)28(20)44/h3-10,12-13,19,21,25-26,44H,11,14H2,1-2H3. The van der Waals surface area contributed by atoms with Gasteiger partial charge < -0.3 is 10.0 Å². The molecular formula is C34H25Cl2F2N5O9. The zero-order chi connectivity index (χ0) is 37.8. The van der Waals surface area contributed by atoms with Crippen molar-refractivity contribution in [1.82, 2.24) is 0 Å². The van der Waals surface area contributed by atoms with Gasteiger partial charge in [0, 0.05) is 37.7 Å². The highest BCUT2D eigenvalue weighted by molar-refractivity contribution is 6.58. The molecule has 0 bridgehead atoms. The van der Waals surface area contributed by atoms with Crippen molar-refractivity contribution in [2.75, 3.05) is 28.8 Å². The Morgan fingerprint density at radius 3 is 2.06 bits per heavy atom. The number of nitro benzene ring substituents is 2. The summed E-state index contributed by atoms with van der Waals surface area (Å²) in [5.74, 6) is -11.8. The first kappa shape index (κ1) is 34.9. The Bertz CT molecular complexity index is 2170. The second-order valence-corrected chi connectivity index (χ2v) is 14.4. The molecule has 6 unspecified atom stereocenters. The number of fused-ring (bicyclic) bond motifs is 4. The van der Waals surface area contributed by atoms with E-state index >= 15 is 0 Å². The number of hydrogen-bond donors (Lipinski definition) is 1. The summed E-state index contributed by atoms with van der Waals surface area (Å²) >= 11 is 14.5. The van der Waals surface area contributed by atoms with Gasteiger partial charge in [0.2, 0.25) is 11.8 Å². The molecule has 2 aliphatic heterocycles. The maximum absolute atomic E-state index is 15.0. The number of para-hydroxylation sites is 1.